The lowest BCUT2D eigenvalue weighted by atomic mass is 10.2. The second kappa shape index (κ2) is 6.87. The van der Waals surface area contributed by atoms with Gasteiger partial charge in [-0.15, -0.1) is 5.10 Å². The third kappa shape index (κ3) is 3.82. The van der Waals surface area contributed by atoms with Crippen molar-refractivity contribution in [3.63, 3.8) is 0 Å². The van der Waals surface area contributed by atoms with Gasteiger partial charge in [0.1, 0.15) is 0 Å². The molecule has 1 amide bonds. The van der Waals surface area contributed by atoms with E-state index in [2.05, 4.69) is 20.7 Å². The highest BCUT2D eigenvalue weighted by atomic mass is 16.2. The maximum absolute atomic E-state index is 12.1. The van der Waals surface area contributed by atoms with Crippen molar-refractivity contribution in [2.75, 3.05) is 6.54 Å². The first-order chi connectivity index (χ1) is 11.2. The lowest BCUT2D eigenvalue weighted by Gasteiger charge is -2.03. The molecule has 0 saturated carbocycles. The van der Waals surface area contributed by atoms with E-state index in [9.17, 15) is 4.79 Å². The molecule has 0 aliphatic rings. The summed E-state index contributed by atoms with van der Waals surface area (Å²) < 4.78 is 3.43. The molecule has 0 fully saturated rings. The number of benzene rings is 1. The van der Waals surface area contributed by atoms with Crippen molar-refractivity contribution < 1.29 is 4.79 Å². The van der Waals surface area contributed by atoms with E-state index >= 15 is 0 Å². The van der Waals surface area contributed by atoms with Crippen molar-refractivity contribution >= 4 is 5.91 Å². The molecule has 3 aromatic rings. The van der Waals surface area contributed by atoms with Crippen LogP contribution in [0.15, 0.2) is 48.9 Å². The van der Waals surface area contributed by atoms with E-state index in [1.165, 1.54) is 5.56 Å². The third-order valence-corrected chi connectivity index (χ3v) is 3.43. The maximum atomic E-state index is 12.1. The molecule has 0 saturated heterocycles. The zero-order chi connectivity index (χ0) is 16.1. The zero-order valence-corrected chi connectivity index (χ0v) is 12.9. The predicted octanol–water partition coefficient (Wildman–Crippen LogP) is 1.59. The van der Waals surface area contributed by atoms with E-state index in [-0.39, 0.29) is 5.91 Å². The lowest BCUT2D eigenvalue weighted by Crippen LogP contribution is -2.25. The molecule has 0 aliphatic heterocycles. The molecular weight excluding hydrogens is 292 g/mol. The van der Waals surface area contributed by atoms with Crippen LogP contribution < -0.4 is 5.32 Å². The summed E-state index contributed by atoms with van der Waals surface area (Å²) in [7, 11) is 0. The Kier molecular flexibility index (Phi) is 4.46. The van der Waals surface area contributed by atoms with Gasteiger partial charge in [-0.1, -0.05) is 22.9 Å². The average Bonchev–Trinajstić information content (AvgIpc) is 3.24. The van der Waals surface area contributed by atoms with E-state index in [0.717, 1.165) is 18.7 Å². The Labute approximate surface area is 133 Å². The number of rotatable bonds is 6. The number of hydrogen-bond donors (Lipinski definition) is 1. The molecule has 0 spiro atoms. The van der Waals surface area contributed by atoms with Crippen LogP contribution in [0.4, 0.5) is 0 Å². The molecule has 23 heavy (non-hydrogen) atoms. The van der Waals surface area contributed by atoms with E-state index < -0.39 is 0 Å². The van der Waals surface area contributed by atoms with Crippen molar-refractivity contribution in [1.29, 1.82) is 0 Å². The van der Waals surface area contributed by atoms with Gasteiger partial charge in [-0.05, 0) is 31.5 Å². The van der Waals surface area contributed by atoms with Gasteiger partial charge in [0.05, 0.1) is 11.9 Å². The predicted molar refractivity (Wildman–Crippen MR) is 85.3 cm³/mol. The van der Waals surface area contributed by atoms with Gasteiger partial charge in [0.2, 0.25) is 0 Å². The summed E-state index contributed by atoms with van der Waals surface area (Å²) in [4.78, 5) is 12.1. The Morgan fingerprint density at radius 1 is 1.26 bits per heavy atom. The normalized spacial score (nSPS) is 10.7. The fourth-order valence-corrected chi connectivity index (χ4v) is 2.16. The second-order valence-corrected chi connectivity index (χ2v) is 5.26. The van der Waals surface area contributed by atoms with E-state index in [4.69, 9.17) is 0 Å². The summed E-state index contributed by atoms with van der Waals surface area (Å²) in [5.74, 6) is -0.219. The van der Waals surface area contributed by atoms with Crippen molar-refractivity contribution in [3.05, 3.63) is 60.2 Å². The van der Waals surface area contributed by atoms with Crippen molar-refractivity contribution in [3.8, 4) is 5.69 Å². The fraction of sp³-hybridized carbons (Fsp3) is 0.250. The van der Waals surface area contributed by atoms with Crippen LogP contribution in [-0.2, 0) is 6.54 Å². The zero-order valence-electron chi connectivity index (χ0n) is 12.9. The summed E-state index contributed by atoms with van der Waals surface area (Å²) >= 11 is 0. The molecule has 0 unspecified atom stereocenters. The Bertz CT molecular complexity index is 760. The van der Waals surface area contributed by atoms with Gasteiger partial charge in [0, 0.05) is 25.5 Å². The Balaban J connectivity index is 1.52. The molecule has 118 valence electrons. The summed E-state index contributed by atoms with van der Waals surface area (Å²) in [6, 6.07) is 9.74. The number of nitrogens with one attached hydrogen (secondary N) is 1. The summed E-state index contributed by atoms with van der Waals surface area (Å²) in [5, 5.41) is 14.9. The molecule has 1 N–H and O–H groups in total. The first kappa shape index (κ1) is 15.0. The first-order valence-electron chi connectivity index (χ1n) is 7.47. The van der Waals surface area contributed by atoms with E-state index in [1.54, 1.807) is 17.1 Å². The van der Waals surface area contributed by atoms with Crippen LogP contribution >= 0.6 is 0 Å². The van der Waals surface area contributed by atoms with Crippen LogP contribution in [-0.4, -0.2) is 37.2 Å². The molecule has 0 aliphatic carbocycles. The quantitative estimate of drug-likeness (QED) is 0.701. The number of amides is 1. The molecule has 7 nitrogen and oxygen atoms in total. The smallest absolute Gasteiger partial charge is 0.273 e. The van der Waals surface area contributed by atoms with Gasteiger partial charge in [0.25, 0.3) is 5.91 Å². The molecule has 7 heteroatoms. The van der Waals surface area contributed by atoms with Gasteiger partial charge in [-0.2, -0.15) is 5.10 Å². The third-order valence-electron chi connectivity index (χ3n) is 3.43. The van der Waals surface area contributed by atoms with E-state index in [0.29, 0.717) is 12.2 Å². The highest BCUT2D eigenvalue weighted by molar-refractivity contribution is 5.91. The van der Waals surface area contributed by atoms with Crippen LogP contribution in [0, 0.1) is 6.92 Å². The highest BCUT2D eigenvalue weighted by Gasteiger charge is 2.10. The molecule has 2 aromatic heterocycles. The minimum Gasteiger partial charge on any atom is -0.351 e. The number of carbonyl (C=O) groups excluding carboxylic acids is 1. The second-order valence-electron chi connectivity index (χ2n) is 5.26. The van der Waals surface area contributed by atoms with Crippen LogP contribution in [0.25, 0.3) is 5.69 Å². The van der Waals surface area contributed by atoms with Crippen LogP contribution in [0.3, 0.4) is 0 Å². The van der Waals surface area contributed by atoms with Gasteiger partial charge in [0.15, 0.2) is 5.69 Å². The van der Waals surface area contributed by atoms with Crippen LogP contribution in [0.2, 0.25) is 0 Å². The monoisotopic (exact) mass is 310 g/mol. The lowest BCUT2D eigenvalue weighted by molar-refractivity contribution is 0.0947. The Hall–Kier alpha value is -2.96. The van der Waals surface area contributed by atoms with Gasteiger partial charge in [-0.25, -0.2) is 4.68 Å². The summed E-state index contributed by atoms with van der Waals surface area (Å²) in [5.41, 5.74) is 2.36. The van der Waals surface area contributed by atoms with Crippen molar-refractivity contribution in [2.24, 2.45) is 0 Å². The largest absolute Gasteiger partial charge is 0.351 e. The Morgan fingerprint density at radius 3 is 2.83 bits per heavy atom. The summed E-state index contributed by atoms with van der Waals surface area (Å²) in [6.45, 7) is 3.35. The number of hydrogen-bond acceptors (Lipinski definition) is 4. The highest BCUT2D eigenvalue weighted by Crippen LogP contribution is 2.08. The molecule has 1 aromatic carbocycles. The average molecular weight is 310 g/mol. The SMILES string of the molecule is Cc1ccc(-n2cc(C(=O)NCCCn3cccn3)nn2)cc1. The minimum absolute atomic E-state index is 0.219. The molecule has 0 radical (unpaired) electrons. The van der Waals surface area contributed by atoms with Gasteiger partial charge in [-0.3, -0.25) is 9.48 Å². The topological polar surface area (TPSA) is 77.6 Å². The molecule has 3 rings (SSSR count). The molecule has 0 atom stereocenters. The number of nitrogens with zero attached hydrogens (tertiary/aromatic N) is 5. The molecular formula is C16H18N6O. The summed E-state index contributed by atoms with van der Waals surface area (Å²) in [6.07, 6.45) is 6.07. The van der Waals surface area contributed by atoms with Crippen LogP contribution in [0.5, 0.6) is 0 Å². The number of carbonyl (C=O) groups is 1. The standard InChI is InChI=1S/C16H18N6O/c1-13-4-6-14(7-5-13)22-12-15(19-20-22)16(23)17-8-2-10-21-11-3-9-18-21/h3-7,9,11-12H,2,8,10H2,1H3,(H,17,23). The Morgan fingerprint density at radius 2 is 2.09 bits per heavy atom. The van der Waals surface area contributed by atoms with Gasteiger partial charge >= 0.3 is 0 Å². The molecule has 0 bridgehead atoms. The maximum Gasteiger partial charge on any atom is 0.273 e. The van der Waals surface area contributed by atoms with Crippen molar-refractivity contribution in [2.45, 2.75) is 19.9 Å². The van der Waals surface area contributed by atoms with Crippen molar-refractivity contribution in [1.82, 2.24) is 30.1 Å². The fourth-order valence-electron chi connectivity index (χ4n) is 2.16. The number of aromatic nitrogens is 5. The first-order valence-corrected chi connectivity index (χ1v) is 7.47. The van der Waals surface area contributed by atoms with E-state index in [1.807, 2.05) is 48.1 Å². The molecule has 2 heterocycles. The minimum atomic E-state index is -0.219. The van der Waals surface area contributed by atoms with Gasteiger partial charge < -0.3 is 5.32 Å². The van der Waals surface area contributed by atoms with Crippen LogP contribution in [0.1, 0.15) is 22.5 Å². The number of aryl methyl sites for hydroxylation is 2.